The molecule has 0 spiro atoms. The van der Waals surface area contributed by atoms with Crippen LogP contribution in [-0.4, -0.2) is 35.0 Å². The zero-order chi connectivity index (χ0) is 15.0. The average molecular weight is 311 g/mol. The summed E-state index contributed by atoms with van der Waals surface area (Å²) in [6.45, 7) is 0. The monoisotopic (exact) mass is 311 g/mol. The van der Waals surface area contributed by atoms with Crippen molar-refractivity contribution in [3.63, 3.8) is 0 Å². The SMILES string of the molecule is CSCC[C@@H](NC(=O)C12CC3CC(CC(C3)C1)C2)C(=O)O. The highest BCUT2D eigenvalue weighted by molar-refractivity contribution is 7.98. The molecule has 0 radical (unpaired) electrons. The van der Waals surface area contributed by atoms with Gasteiger partial charge in [-0.3, -0.25) is 4.79 Å². The minimum absolute atomic E-state index is 0.0232. The number of carboxylic acids is 1. The first-order valence-electron chi connectivity index (χ1n) is 8.05. The van der Waals surface area contributed by atoms with E-state index in [1.807, 2.05) is 6.26 Å². The molecule has 21 heavy (non-hydrogen) atoms. The van der Waals surface area contributed by atoms with E-state index in [1.54, 1.807) is 11.8 Å². The number of aliphatic carboxylic acids is 1. The van der Waals surface area contributed by atoms with Crippen molar-refractivity contribution >= 4 is 23.6 Å². The van der Waals surface area contributed by atoms with Crippen LogP contribution in [0.1, 0.15) is 44.9 Å². The molecular formula is C16H25NO3S. The van der Waals surface area contributed by atoms with Gasteiger partial charge in [-0.15, -0.1) is 0 Å². The predicted molar refractivity (Wildman–Crippen MR) is 83.2 cm³/mol. The van der Waals surface area contributed by atoms with Crippen LogP contribution in [0.4, 0.5) is 0 Å². The van der Waals surface area contributed by atoms with Gasteiger partial charge < -0.3 is 10.4 Å². The molecule has 0 aromatic rings. The maximum atomic E-state index is 12.8. The van der Waals surface area contributed by atoms with Gasteiger partial charge in [-0.25, -0.2) is 4.79 Å². The lowest BCUT2D eigenvalue weighted by atomic mass is 9.49. The Morgan fingerprint density at radius 3 is 2.14 bits per heavy atom. The molecule has 2 N–H and O–H groups in total. The van der Waals surface area contributed by atoms with Gasteiger partial charge in [0.25, 0.3) is 0 Å². The summed E-state index contributed by atoms with van der Waals surface area (Å²) in [5, 5.41) is 12.2. The number of nitrogens with one attached hydrogen (secondary N) is 1. The van der Waals surface area contributed by atoms with Gasteiger partial charge in [0.15, 0.2) is 0 Å². The van der Waals surface area contributed by atoms with Gasteiger partial charge >= 0.3 is 5.97 Å². The Bertz CT molecular complexity index is 402. The number of thioether (sulfide) groups is 1. The Morgan fingerprint density at radius 1 is 1.19 bits per heavy atom. The number of carbonyl (C=O) groups is 2. The number of rotatable bonds is 6. The maximum Gasteiger partial charge on any atom is 0.326 e. The van der Waals surface area contributed by atoms with E-state index in [0.29, 0.717) is 24.2 Å². The van der Waals surface area contributed by atoms with Crippen LogP contribution < -0.4 is 5.32 Å². The number of amides is 1. The largest absolute Gasteiger partial charge is 0.480 e. The predicted octanol–water partition coefficient (Wildman–Crippen LogP) is 2.53. The number of carboxylic acid groups (broad SMARTS) is 1. The van der Waals surface area contributed by atoms with E-state index < -0.39 is 12.0 Å². The van der Waals surface area contributed by atoms with E-state index in [1.165, 1.54) is 19.3 Å². The fourth-order valence-electron chi connectivity index (χ4n) is 5.19. The van der Waals surface area contributed by atoms with E-state index in [9.17, 15) is 14.7 Å². The van der Waals surface area contributed by atoms with Crippen LogP contribution in [0.3, 0.4) is 0 Å². The van der Waals surface area contributed by atoms with Gasteiger partial charge in [-0.05, 0) is 74.7 Å². The second-order valence-corrected chi connectivity index (χ2v) is 8.33. The Labute approximate surface area is 130 Å². The minimum Gasteiger partial charge on any atom is -0.480 e. The minimum atomic E-state index is -0.901. The first-order chi connectivity index (χ1) is 10.0. The fourth-order valence-corrected chi connectivity index (χ4v) is 5.66. The van der Waals surface area contributed by atoms with Gasteiger partial charge in [0.1, 0.15) is 6.04 Å². The third kappa shape index (κ3) is 2.94. The highest BCUT2D eigenvalue weighted by Gasteiger charge is 2.54. The summed E-state index contributed by atoms with van der Waals surface area (Å²) in [6.07, 6.45) is 9.30. The first-order valence-corrected chi connectivity index (χ1v) is 9.44. The second-order valence-electron chi connectivity index (χ2n) is 7.34. The Morgan fingerprint density at radius 2 is 1.71 bits per heavy atom. The molecule has 4 bridgehead atoms. The van der Waals surface area contributed by atoms with Crippen LogP contribution in [-0.2, 0) is 9.59 Å². The molecule has 1 atom stereocenters. The lowest BCUT2D eigenvalue weighted by molar-refractivity contribution is -0.151. The van der Waals surface area contributed by atoms with Crippen molar-refractivity contribution in [1.82, 2.24) is 5.32 Å². The molecule has 4 aliphatic rings. The molecule has 0 aromatic heterocycles. The van der Waals surface area contributed by atoms with Crippen molar-refractivity contribution in [2.45, 2.75) is 51.0 Å². The quantitative estimate of drug-likeness (QED) is 0.791. The van der Waals surface area contributed by atoms with Gasteiger partial charge in [-0.2, -0.15) is 11.8 Å². The topological polar surface area (TPSA) is 66.4 Å². The summed E-state index contributed by atoms with van der Waals surface area (Å²) in [5.74, 6) is 2.00. The van der Waals surface area contributed by atoms with Crippen LogP contribution in [0.25, 0.3) is 0 Å². The molecule has 0 unspecified atom stereocenters. The number of carbonyl (C=O) groups excluding carboxylic acids is 1. The zero-order valence-electron chi connectivity index (χ0n) is 12.6. The summed E-state index contributed by atoms with van der Waals surface area (Å²) in [5.41, 5.74) is -0.248. The summed E-state index contributed by atoms with van der Waals surface area (Å²) in [4.78, 5) is 24.1. The molecule has 118 valence electrons. The van der Waals surface area contributed by atoms with Crippen LogP contribution >= 0.6 is 11.8 Å². The smallest absolute Gasteiger partial charge is 0.326 e. The van der Waals surface area contributed by atoms with Gasteiger partial charge in [0.2, 0.25) is 5.91 Å². The van der Waals surface area contributed by atoms with E-state index in [0.717, 1.165) is 25.0 Å². The molecule has 4 aliphatic carbocycles. The summed E-state index contributed by atoms with van der Waals surface area (Å²) < 4.78 is 0. The molecule has 0 heterocycles. The van der Waals surface area contributed by atoms with Gasteiger partial charge in [0, 0.05) is 5.41 Å². The van der Waals surface area contributed by atoms with Crippen LogP contribution in [0.15, 0.2) is 0 Å². The van der Waals surface area contributed by atoms with Crippen molar-refractivity contribution in [3.8, 4) is 0 Å². The number of hydrogen-bond donors (Lipinski definition) is 2. The third-order valence-corrected chi connectivity index (χ3v) is 6.38. The molecule has 4 rings (SSSR count). The van der Waals surface area contributed by atoms with Gasteiger partial charge in [-0.1, -0.05) is 0 Å². The summed E-state index contributed by atoms with van der Waals surface area (Å²) in [6, 6.07) is -0.724. The summed E-state index contributed by atoms with van der Waals surface area (Å²) in [7, 11) is 0. The van der Waals surface area contributed by atoms with Crippen molar-refractivity contribution in [3.05, 3.63) is 0 Å². The molecule has 0 aliphatic heterocycles. The average Bonchev–Trinajstić information content (AvgIpc) is 2.41. The number of hydrogen-bond acceptors (Lipinski definition) is 3. The molecular weight excluding hydrogens is 286 g/mol. The Hall–Kier alpha value is -0.710. The van der Waals surface area contributed by atoms with Crippen molar-refractivity contribution in [2.75, 3.05) is 12.0 Å². The highest BCUT2D eigenvalue weighted by atomic mass is 32.2. The highest BCUT2D eigenvalue weighted by Crippen LogP contribution is 2.60. The van der Waals surface area contributed by atoms with Crippen molar-refractivity contribution in [2.24, 2.45) is 23.2 Å². The standard InChI is InChI=1S/C16H25NO3S/c1-21-3-2-13(14(18)19)17-15(20)16-7-10-4-11(8-16)6-12(5-10)9-16/h10-13H,2-9H2,1H3,(H,17,20)(H,18,19)/t10?,11?,12?,13-,16?/m1/s1. The first kappa shape index (κ1) is 15.2. The van der Waals surface area contributed by atoms with E-state index >= 15 is 0 Å². The van der Waals surface area contributed by atoms with Gasteiger partial charge in [0.05, 0.1) is 0 Å². The molecule has 0 saturated heterocycles. The lowest BCUT2D eigenvalue weighted by Crippen LogP contribution is -2.56. The van der Waals surface area contributed by atoms with E-state index in [-0.39, 0.29) is 11.3 Å². The Kier molecular flexibility index (Phi) is 4.21. The normalized spacial score (nSPS) is 38.2. The van der Waals surface area contributed by atoms with Crippen molar-refractivity contribution in [1.29, 1.82) is 0 Å². The fraction of sp³-hybridized carbons (Fsp3) is 0.875. The lowest BCUT2D eigenvalue weighted by Gasteiger charge is -2.55. The molecule has 0 aromatic carbocycles. The maximum absolute atomic E-state index is 12.8. The summed E-state index contributed by atoms with van der Waals surface area (Å²) >= 11 is 1.62. The van der Waals surface area contributed by atoms with E-state index in [4.69, 9.17) is 0 Å². The molecule has 1 amide bonds. The zero-order valence-corrected chi connectivity index (χ0v) is 13.5. The van der Waals surface area contributed by atoms with Crippen LogP contribution in [0.2, 0.25) is 0 Å². The molecule has 4 nitrogen and oxygen atoms in total. The van der Waals surface area contributed by atoms with Crippen LogP contribution in [0, 0.1) is 23.2 Å². The molecule has 4 saturated carbocycles. The second kappa shape index (κ2) is 5.82. The van der Waals surface area contributed by atoms with E-state index in [2.05, 4.69) is 5.32 Å². The molecule has 5 heteroatoms. The van der Waals surface area contributed by atoms with Crippen molar-refractivity contribution < 1.29 is 14.7 Å². The molecule has 4 fully saturated rings. The Balaban J connectivity index is 1.68. The third-order valence-electron chi connectivity index (χ3n) is 5.73. The van der Waals surface area contributed by atoms with Crippen LogP contribution in [0.5, 0.6) is 0 Å².